The van der Waals surface area contributed by atoms with Crippen LogP contribution in [0.15, 0.2) is 0 Å². The molecule has 5 heteroatoms. The number of amides is 1. The Bertz CT molecular complexity index is 312. The molecular formula is C13H21NO4. The van der Waals surface area contributed by atoms with Gasteiger partial charge < -0.3 is 15.2 Å². The highest BCUT2D eigenvalue weighted by atomic mass is 16.5. The molecule has 1 saturated heterocycles. The van der Waals surface area contributed by atoms with Crippen LogP contribution < -0.4 is 5.32 Å². The monoisotopic (exact) mass is 255 g/mol. The van der Waals surface area contributed by atoms with Crippen molar-refractivity contribution in [3.8, 4) is 0 Å². The van der Waals surface area contributed by atoms with Gasteiger partial charge in [0.1, 0.15) is 0 Å². The van der Waals surface area contributed by atoms with Crippen molar-refractivity contribution in [1.82, 2.24) is 5.32 Å². The summed E-state index contributed by atoms with van der Waals surface area (Å²) >= 11 is 0. The van der Waals surface area contributed by atoms with Gasteiger partial charge in [-0.1, -0.05) is 6.42 Å². The largest absolute Gasteiger partial charge is 0.481 e. The van der Waals surface area contributed by atoms with Crippen LogP contribution in [0.1, 0.15) is 38.5 Å². The Morgan fingerprint density at radius 2 is 1.78 bits per heavy atom. The van der Waals surface area contributed by atoms with Crippen molar-refractivity contribution in [2.45, 2.75) is 44.6 Å². The lowest BCUT2D eigenvalue weighted by Crippen LogP contribution is -2.43. The zero-order valence-electron chi connectivity index (χ0n) is 10.6. The molecule has 0 radical (unpaired) electrons. The molecule has 1 amide bonds. The van der Waals surface area contributed by atoms with Crippen molar-refractivity contribution in [3.05, 3.63) is 0 Å². The maximum absolute atomic E-state index is 12.0. The van der Waals surface area contributed by atoms with E-state index < -0.39 is 5.97 Å². The molecule has 5 nitrogen and oxygen atoms in total. The van der Waals surface area contributed by atoms with Crippen molar-refractivity contribution >= 4 is 11.9 Å². The summed E-state index contributed by atoms with van der Waals surface area (Å²) in [5.41, 5.74) is 0. The van der Waals surface area contributed by atoms with Gasteiger partial charge >= 0.3 is 5.97 Å². The van der Waals surface area contributed by atoms with Crippen molar-refractivity contribution < 1.29 is 19.4 Å². The Hall–Kier alpha value is -1.10. The second-order valence-electron chi connectivity index (χ2n) is 5.29. The number of carboxylic acids is 1. The molecular weight excluding hydrogens is 234 g/mol. The molecule has 2 aliphatic rings. The van der Waals surface area contributed by atoms with Gasteiger partial charge in [-0.05, 0) is 32.1 Å². The third-order valence-electron chi connectivity index (χ3n) is 3.96. The zero-order valence-corrected chi connectivity index (χ0v) is 10.6. The van der Waals surface area contributed by atoms with E-state index in [1.807, 2.05) is 0 Å². The van der Waals surface area contributed by atoms with Gasteiger partial charge in [0.05, 0.1) is 5.92 Å². The van der Waals surface area contributed by atoms with Crippen LogP contribution in [-0.4, -0.2) is 36.2 Å². The van der Waals surface area contributed by atoms with Gasteiger partial charge in [-0.15, -0.1) is 0 Å². The van der Waals surface area contributed by atoms with Gasteiger partial charge in [-0.25, -0.2) is 0 Å². The molecule has 0 aromatic heterocycles. The van der Waals surface area contributed by atoms with Crippen molar-refractivity contribution in [2.24, 2.45) is 11.8 Å². The van der Waals surface area contributed by atoms with Crippen molar-refractivity contribution in [3.63, 3.8) is 0 Å². The first-order chi connectivity index (χ1) is 8.66. The van der Waals surface area contributed by atoms with Gasteiger partial charge in [-0.3, -0.25) is 9.59 Å². The Morgan fingerprint density at radius 1 is 1.06 bits per heavy atom. The van der Waals surface area contributed by atoms with Crippen molar-refractivity contribution in [1.29, 1.82) is 0 Å². The minimum absolute atomic E-state index is 0.0372. The minimum atomic E-state index is -0.736. The molecule has 0 spiro atoms. The van der Waals surface area contributed by atoms with Crippen LogP contribution >= 0.6 is 0 Å². The van der Waals surface area contributed by atoms with Crippen LogP contribution in [0.5, 0.6) is 0 Å². The highest BCUT2D eigenvalue weighted by Crippen LogP contribution is 2.25. The number of carboxylic acid groups (broad SMARTS) is 1. The number of aliphatic carboxylic acids is 1. The number of hydrogen-bond acceptors (Lipinski definition) is 3. The average Bonchev–Trinajstić information content (AvgIpc) is 2.40. The first-order valence-corrected chi connectivity index (χ1v) is 6.77. The van der Waals surface area contributed by atoms with Crippen LogP contribution in [0.25, 0.3) is 0 Å². The fraction of sp³-hybridized carbons (Fsp3) is 0.846. The van der Waals surface area contributed by atoms with Crippen LogP contribution in [0.2, 0.25) is 0 Å². The average molecular weight is 255 g/mol. The number of ether oxygens (including phenoxy) is 1. The molecule has 102 valence electrons. The first-order valence-electron chi connectivity index (χ1n) is 6.77. The lowest BCUT2D eigenvalue weighted by Gasteiger charge is -2.29. The smallest absolute Gasteiger partial charge is 0.306 e. The Morgan fingerprint density at radius 3 is 2.44 bits per heavy atom. The van der Waals surface area contributed by atoms with Crippen LogP contribution in [-0.2, 0) is 14.3 Å². The van der Waals surface area contributed by atoms with Crippen molar-refractivity contribution in [2.75, 3.05) is 13.2 Å². The molecule has 1 heterocycles. The molecule has 1 saturated carbocycles. The Labute approximate surface area is 107 Å². The summed E-state index contributed by atoms with van der Waals surface area (Å²) in [7, 11) is 0. The van der Waals surface area contributed by atoms with Crippen LogP contribution in [0, 0.1) is 11.8 Å². The van der Waals surface area contributed by atoms with Gasteiger partial charge in [0, 0.05) is 25.2 Å². The molecule has 2 fully saturated rings. The SMILES string of the molecule is O=C(O)C1CCCC(NC(=O)C2CCOCC2)C1. The lowest BCUT2D eigenvalue weighted by molar-refractivity contribution is -0.143. The number of hydrogen-bond donors (Lipinski definition) is 2. The molecule has 1 aliphatic carbocycles. The molecule has 1 aliphatic heterocycles. The van der Waals surface area contributed by atoms with Gasteiger partial charge in [0.15, 0.2) is 0 Å². The Balaban J connectivity index is 1.81. The lowest BCUT2D eigenvalue weighted by atomic mass is 9.85. The number of carbonyl (C=O) groups is 2. The van der Waals surface area contributed by atoms with E-state index in [1.165, 1.54) is 0 Å². The quantitative estimate of drug-likeness (QED) is 0.794. The number of rotatable bonds is 3. The fourth-order valence-corrected chi connectivity index (χ4v) is 2.82. The maximum atomic E-state index is 12.0. The van der Waals surface area contributed by atoms with E-state index >= 15 is 0 Å². The van der Waals surface area contributed by atoms with E-state index in [9.17, 15) is 9.59 Å². The number of carbonyl (C=O) groups excluding carboxylic acids is 1. The van der Waals surface area contributed by atoms with E-state index in [4.69, 9.17) is 9.84 Å². The Kier molecular flexibility index (Phi) is 4.58. The number of nitrogens with one attached hydrogen (secondary N) is 1. The third-order valence-corrected chi connectivity index (χ3v) is 3.96. The second-order valence-corrected chi connectivity index (χ2v) is 5.29. The fourth-order valence-electron chi connectivity index (χ4n) is 2.82. The van der Waals surface area contributed by atoms with E-state index in [-0.39, 0.29) is 23.8 Å². The summed E-state index contributed by atoms with van der Waals surface area (Å²) in [6.07, 6.45) is 4.65. The van der Waals surface area contributed by atoms with E-state index in [0.29, 0.717) is 19.6 Å². The molecule has 0 aromatic carbocycles. The van der Waals surface area contributed by atoms with E-state index in [2.05, 4.69) is 5.32 Å². The predicted molar refractivity (Wildman–Crippen MR) is 65.1 cm³/mol. The van der Waals surface area contributed by atoms with Gasteiger partial charge in [-0.2, -0.15) is 0 Å². The zero-order chi connectivity index (χ0) is 13.0. The van der Waals surface area contributed by atoms with Gasteiger partial charge in [0.2, 0.25) is 5.91 Å². The summed E-state index contributed by atoms with van der Waals surface area (Å²) < 4.78 is 5.23. The predicted octanol–water partition coefficient (Wildman–Crippen LogP) is 1.17. The topological polar surface area (TPSA) is 75.6 Å². The highest BCUT2D eigenvalue weighted by molar-refractivity contribution is 5.79. The molecule has 2 rings (SSSR count). The van der Waals surface area contributed by atoms with Crippen LogP contribution in [0.4, 0.5) is 0 Å². The summed E-state index contributed by atoms with van der Waals surface area (Å²) in [5, 5.41) is 12.0. The van der Waals surface area contributed by atoms with E-state index in [1.54, 1.807) is 0 Å². The molecule has 0 aromatic rings. The standard InChI is InChI=1S/C13H21NO4/c15-12(9-4-6-18-7-5-9)14-11-3-1-2-10(8-11)13(16)17/h9-11H,1-8H2,(H,14,15)(H,16,17). The highest BCUT2D eigenvalue weighted by Gasteiger charge is 2.30. The maximum Gasteiger partial charge on any atom is 0.306 e. The molecule has 0 bridgehead atoms. The van der Waals surface area contributed by atoms with E-state index in [0.717, 1.165) is 32.1 Å². The normalized spacial score (nSPS) is 29.8. The summed E-state index contributed by atoms with van der Waals surface area (Å²) in [6.45, 7) is 1.31. The molecule has 18 heavy (non-hydrogen) atoms. The first kappa shape index (κ1) is 13.3. The summed E-state index contributed by atoms with van der Waals surface area (Å²) in [4.78, 5) is 23.0. The molecule has 2 atom stereocenters. The second kappa shape index (κ2) is 6.18. The summed E-state index contributed by atoms with van der Waals surface area (Å²) in [6, 6.07) is 0.0372. The molecule has 2 N–H and O–H groups in total. The van der Waals surface area contributed by atoms with Crippen LogP contribution in [0.3, 0.4) is 0 Å². The molecule has 2 unspecified atom stereocenters. The third kappa shape index (κ3) is 3.45. The van der Waals surface area contributed by atoms with Gasteiger partial charge in [0.25, 0.3) is 0 Å². The summed E-state index contributed by atoms with van der Waals surface area (Å²) in [5.74, 6) is -0.906. The minimum Gasteiger partial charge on any atom is -0.481 e.